The smallest absolute Gasteiger partial charge is 0.340 e. The molecule has 0 aliphatic heterocycles. The van der Waals surface area contributed by atoms with Crippen LogP contribution in [0.15, 0.2) is 30.6 Å². The molecule has 0 radical (unpaired) electrons. The molecule has 6 heteroatoms. The summed E-state index contributed by atoms with van der Waals surface area (Å²) < 4.78 is 15.4. The zero-order valence-corrected chi connectivity index (χ0v) is 10.7. The largest absolute Gasteiger partial charge is 0.478 e. The predicted octanol–water partition coefficient (Wildman–Crippen LogP) is 1.89. The first kappa shape index (κ1) is 13.1. The fourth-order valence-electron chi connectivity index (χ4n) is 1.89. The highest BCUT2D eigenvalue weighted by atomic mass is 19.1. The van der Waals surface area contributed by atoms with Gasteiger partial charge in [-0.3, -0.25) is 0 Å². The quantitative estimate of drug-likeness (QED) is 0.915. The number of anilines is 1. The van der Waals surface area contributed by atoms with Crippen LogP contribution in [0.4, 0.5) is 10.1 Å². The minimum atomic E-state index is -1.28. The Morgan fingerprint density at radius 3 is 2.84 bits per heavy atom. The van der Waals surface area contributed by atoms with Crippen molar-refractivity contribution in [2.75, 3.05) is 11.9 Å². The molecule has 0 spiro atoms. The van der Waals surface area contributed by atoms with Gasteiger partial charge in [0.05, 0.1) is 12.2 Å². The average Bonchev–Trinajstić information content (AvgIpc) is 2.74. The maximum Gasteiger partial charge on any atom is 0.340 e. The average molecular weight is 263 g/mol. The molecule has 0 amide bonds. The van der Waals surface area contributed by atoms with Crippen molar-refractivity contribution in [3.63, 3.8) is 0 Å². The van der Waals surface area contributed by atoms with Crippen LogP contribution in [0.25, 0.3) is 0 Å². The van der Waals surface area contributed by atoms with Crippen molar-refractivity contribution in [2.45, 2.75) is 6.54 Å². The topological polar surface area (TPSA) is 58.4 Å². The second-order valence-electron chi connectivity index (χ2n) is 4.25. The minimum Gasteiger partial charge on any atom is -0.478 e. The van der Waals surface area contributed by atoms with Gasteiger partial charge in [-0.2, -0.15) is 0 Å². The molecule has 0 aliphatic carbocycles. The number of carboxylic acids is 1. The Balaban J connectivity index is 2.34. The fourth-order valence-corrected chi connectivity index (χ4v) is 1.89. The molecular weight excluding hydrogens is 249 g/mol. The normalized spacial score (nSPS) is 10.5. The number of benzene rings is 1. The predicted molar refractivity (Wildman–Crippen MR) is 68.7 cm³/mol. The zero-order valence-electron chi connectivity index (χ0n) is 10.7. The molecule has 100 valence electrons. The number of carbonyl (C=O) groups is 1. The second kappa shape index (κ2) is 5.09. The minimum absolute atomic E-state index is 0.320. The summed E-state index contributed by atoms with van der Waals surface area (Å²) in [6.07, 6.45) is 3.46. The van der Waals surface area contributed by atoms with Gasteiger partial charge in [0.15, 0.2) is 0 Å². The third-order valence-electron chi connectivity index (χ3n) is 2.92. The lowest BCUT2D eigenvalue weighted by Gasteiger charge is -2.21. The number of hydrogen-bond acceptors (Lipinski definition) is 3. The van der Waals surface area contributed by atoms with Crippen molar-refractivity contribution in [3.05, 3.63) is 47.8 Å². The van der Waals surface area contributed by atoms with E-state index in [4.69, 9.17) is 5.11 Å². The van der Waals surface area contributed by atoms with E-state index in [0.29, 0.717) is 12.2 Å². The van der Waals surface area contributed by atoms with Gasteiger partial charge in [-0.05, 0) is 12.1 Å². The highest BCUT2D eigenvalue weighted by Crippen LogP contribution is 2.23. The lowest BCUT2D eigenvalue weighted by molar-refractivity contribution is 0.0692. The number of halogens is 1. The molecule has 5 nitrogen and oxygen atoms in total. The van der Waals surface area contributed by atoms with Crippen molar-refractivity contribution in [2.24, 2.45) is 7.05 Å². The van der Waals surface area contributed by atoms with E-state index in [1.807, 2.05) is 11.6 Å². The summed E-state index contributed by atoms with van der Waals surface area (Å²) in [4.78, 5) is 16.9. The number of rotatable bonds is 4. The van der Waals surface area contributed by atoms with Gasteiger partial charge in [-0.15, -0.1) is 0 Å². The SMILES string of the molecule is CN(Cc1nccn1C)c1cccc(F)c1C(=O)O. The van der Waals surface area contributed by atoms with E-state index in [9.17, 15) is 9.18 Å². The van der Waals surface area contributed by atoms with Crippen LogP contribution in [0, 0.1) is 5.82 Å². The molecule has 1 aromatic heterocycles. The third kappa shape index (κ3) is 2.57. The van der Waals surface area contributed by atoms with Crippen molar-refractivity contribution in [1.82, 2.24) is 9.55 Å². The summed E-state index contributed by atoms with van der Waals surface area (Å²) in [5, 5.41) is 9.09. The summed E-state index contributed by atoms with van der Waals surface area (Å²) in [7, 11) is 3.55. The van der Waals surface area contributed by atoms with Crippen molar-refractivity contribution in [1.29, 1.82) is 0 Å². The van der Waals surface area contributed by atoms with Crippen LogP contribution in [-0.2, 0) is 13.6 Å². The number of imidazole rings is 1. The molecule has 0 aliphatic rings. The Morgan fingerprint density at radius 2 is 2.26 bits per heavy atom. The van der Waals surface area contributed by atoms with E-state index >= 15 is 0 Å². The van der Waals surface area contributed by atoms with Crippen LogP contribution in [0.2, 0.25) is 0 Å². The lowest BCUT2D eigenvalue weighted by Crippen LogP contribution is -2.22. The summed E-state index contributed by atoms with van der Waals surface area (Å²) in [5.74, 6) is -1.25. The number of aryl methyl sites for hydroxylation is 1. The van der Waals surface area contributed by atoms with E-state index in [-0.39, 0.29) is 5.56 Å². The van der Waals surface area contributed by atoms with Gasteiger partial charge in [0.2, 0.25) is 0 Å². The van der Waals surface area contributed by atoms with Gasteiger partial charge in [0.25, 0.3) is 0 Å². The van der Waals surface area contributed by atoms with Crippen LogP contribution >= 0.6 is 0 Å². The molecule has 0 bridgehead atoms. The molecule has 0 saturated heterocycles. The number of carboxylic acid groups (broad SMARTS) is 1. The van der Waals surface area contributed by atoms with Crippen molar-refractivity contribution >= 4 is 11.7 Å². The van der Waals surface area contributed by atoms with Crippen molar-refractivity contribution < 1.29 is 14.3 Å². The summed E-state index contributed by atoms with van der Waals surface area (Å²) >= 11 is 0. The molecule has 1 N–H and O–H groups in total. The standard InChI is InChI=1S/C13H14FN3O2/c1-16-7-6-15-11(16)8-17(2)10-5-3-4-9(14)12(10)13(18)19/h3-7H,8H2,1-2H3,(H,18,19). The highest BCUT2D eigenvalue weighted by Gasteiger charge is 2.19. The monoisotopic (exact) mass is 263 g/mol. The zero-order chi connectivity index (χ0) is 14.0. The maximum atomic E-state index is 13.6. The first-order chi connectivity index (χ1) is 9.00. The molecule has 1 heterocycles. The Hall–Kier alpha value is -2.37. The van der Waals surface area contributed by atoms with Crippen LogP contribution < -0.4 is 4.90 Å². The summed E-state index contributed by atoms with van der Waals surface area (Å²) in [6, 6.07) is 4.21. The van der Waals surface area contributed by atoms with E-state index in [0.717, 1.165) is 11.9 Å². The molecule has 1 aromatic carbocycles. The van der Waals surface area contributed by atoms with Crippen LogP contribution in [0.3, 0.4) is 0 Å². The van der Waals surface area contributed by atoms with Crippen LogP contribution in [0.5, 0.6) is 0 Å². The first-order valence-corrected chi connectivity index (χ1v) is 5.70. The number of hydrogen-bond donors (Lipinski definition) is 1. The fraction of sp³-hybridized carbons (Fsp3) is 0.231. The third-order valence-corrected chi connectivity index (χ3v) is 2.92. The summed E-state index contributed by atoms with van der Waals surface area (Å²) in [6.45, 7) is 0.396. The van der Waals surface area contributed by atoms with Gasteiger partial charge in [0.1, 0.15) is 17.2 Å². The van der Waals surface area contributed by atoms with Crippen LogP contribution in [-0.4, -0.2) is 27.7 Å². The molecule has 2 rings (SSSR count). The molecule has 2 aromatic rings. The van der Waals surface area contributed by atoms with Crippen LogP contribution in [0.1, 0.15) is 16.2 Å². The Labute approximate surface area is 109 Å². The summed E-state index contributed by atoms with van der Waals surface area (Å²) in [5.41, 5.74) is 0.00899. The van der Waals surface area contributed by atoms with Crippen molar-refractivity contribution in [3.8, 4) is 0 Å². The Kier molecular flexibility index (Phi) is 3.50. The van der Waals surface area contributed by atoms with Gasteiger partial charge in [0, 0.05) is 26.5 Å². The molecular formula is C13H14FN3O2. The van der Waals surface area contributed by atoms with E-state index in [2.05, 4.69) is 4.98 Å². The first-order valence-electron chi connectivity index (χ1n) is 5.70. The Morgan fingerprint density at radius 1 is 1.53 bits per heavy atom. The number of aromatic nitrogens is 2. The maximum absolute atomic E-state index is 13.6. The van der Waals surface area contributed by atoms with Gasteiger partial charge in [-0.1, -0.05) is 6.07 Å². The van der Waals surface area contributed by atoms with Gasteiger partial charge in [-0.25, -0.2) is 14.2 Å². The molecule has 0 unspecified atom stereocenters. The molecule has 19 heavy (non-hydrogen) atoms. The van der Waals surface area contributed by atoms with Gasteiger partial charge >= 0.3 is 5.97 Å². The molecule has 0 fully saturated rings. The Bertz CT molecular complexity index is 610. The number of aromatic carboxylic acids is 1. The second-order valence-corrected chi connectivity index (χ2v) is 4.25. The van der Waals surface area contributed by atoms with E-state index in [1.54, 1.807) is 30.4 Å². The molecule has 0 saturated carbocycles. The highest BCUT2D eigenvalue weighted by molar-refractivity contribution is 5.94. The lowest BCUT2D eigenvalue weighted by atomic mass is 10.1. The molecule has 0 atom stereocenters. The number of nitrogens with zero attached hydrogens (tertiary/aromatic N) is 3. The van der Waals surface area contributed by atoms with E-state index in [1.165, 1.54) is 6.07 Å². The van der Waals surface area contributed by atoms with Gasteiger partial charge < -0.3 is 14.6 Å². The van der Waals surface area contributed by atoms with E-state index < -0.39 is 11.8 Å².